The van der Waals surface area contributed by atoms with Crippen molar-refractivity contribution in [3.8, 4) is 22.8 Å². The minimum absolute atomic E-state index is 0.299. The maximum absolute atomic E-state index is 12.2. The molecule has 0 saturated carbocycles. The van der Waals surface area contributed by atoms with Crippen molar-refractivity contribution in [3.05, 3.63) is 60.4 Å². The summed E-state index contributed by atoms with van der Waals surface area (Å²) in [7, 11) is 0. The molecule has 0 aliphatic heterocycles. The number of benzene rings is 2. The van der Waals surface area contributed by atoms with E-state index in [1.807, 2.05) is 24.3 Å². The van der Waals surface area contributed by atoms with Crippen molar-refractivity contribution in [2.45, 2.75) is 12.9 Å². The SMILES string of the molecule is N=NCc1ccc(-c2ncn(-c3ccc(OC(F)(F)F)cc3)n2)cc1. The lowest BCUT2D eigenvalue weighted by atomic mass is 10.1. The Hall–Kier alpha value is -3.23. The summed E-state index contributed by atoms with van der Waals surface area (Å²) in [6.45, 7) is 0.314. The summed E-state index contributed by atoms with van der Waals surface area (Å²) in [5.41, 5.74) is 9.08. The Balaban J connectivity index is 1.77. The van der Waals surface area contributed by atoms with Crippen LogP contribution in [-0.2, 0) is 6.54 Å². The molecular formula is C16H12F3N5O. The molecule has 128 valence electrons. The molecule has 0 fully saturated rings. The molecule has 0 unspecified atom stereocenters. The fourth-order valence-corrected chi connectivity index (χ4v) is 2.17. The van der Waals surface area contributed by atoms with E-state index < -0.39 is 6.36 Å². The number of ether oxygens (including phenoxy) is 1. The monoisotopic (exact) mass is 347 g/mol. The molecule has 0 bridgehead atoms. The zero-order valence-corrected chi connectivity index (χ0v) is 12.7. The summed E-state index contributed by atoms with van der Waals surface area (Å²) >= 11 is 0. The van der Waals surface area contributed by atoms with Gasteiger partial charge in [-0.1, -0.05) is 24.3 Å². The molecule has 0 aliphatic carbocycles. The van der Waals surface area contributed by atoms with Crippen molar-refractivity contribution in [3.63, 3.8) is 0 Å². The van der Waals surface area contributed by atoms with Gasteiger partial charge in [0.25, 0.3) is 0 Å². The van der Waals surface area contributed by atoms with Gasteiger partial charge in [0.15, 0.2) is 5.82 Å². The van der Waals surface area contributed by atoms with Gasteiger partial charge in [0.1, 0.15) is 12.1 Å². The van der Waals surface area contributed by atoms with Gasteiger partial charge in [-0.05, 0) is 29.8 Å². The van der Waals surface area contributed by atoms with E-state index in [1.54, 1.807) is 0 Å². The zero-order valence-electron chi connectivity index (χ0n) is 12.7. The predicted molar refractivity (Wildman–Crippen MR) is 82.3 cm³/mol. The minimum Gasteiger partial charge on any atom is -0.406 e. The van der Waals surface area contributed by atoms with Crippen molar-refractivity contribution in [1.82, 2.24) is 14.8 Å². The third kappa shape index (κ3) is 4.19. The van der Waals surface area contributed by atoms with Crippen LogP contribution in [0.1, 0.15) is 5.56 Å². The number of alkyl halides is 3. The second-order valence-electron chi connectivity index (χ2n) is 5.07. The van der Waals surface area contributed by atoms with Crippen molar-refractivity contribution in [2.24, 2.45) is 5.11 Å². The largest absolute Gasteiger partial charge is 0.573 e. The number of nitrogens with zero attached hydrogens (tertiary/aromatic N) is 4. The average molecular weight is 347 g/mol. The molecule has 0 radical (unpaired) electrons. The molecule has 1 aromatic heterocycles. The zero-order chi connectivity index (χ0) is 17.9. The summed E-state index contributed by atoms with van der Waals surface area (Å²) in [5.74, 6) is 0.178. The van der Waals surface area contributed by atoms with Crippen LogP contribution in [0.3, 0.4) is 0 Å². The lowest BCUT2D eigenvalue weighted by Gasteiger charge is -2.09. The van der Waals surface area contributed by atoms with E-state index in [0.29, 0.717) is 18.1 Å². The van der Waals surface area contributed by atoms with Crippen LogP contribution >= 0.6 is 0 Å². The van der Waals surface area contributed by atoms with E-state index in [0.717, 1.165) is 11.1 Å². The average Bonchev–Trinajstić information content (AvgIpc) is 3.05. The van der Waals surface area contributed by atoms with Gasteiger partial charge in [-0.2, -0.15) is 5.11 Å². The van der Waals surface area contributed by atoms with E-state index in [2.05, 4.69) is 19.9 Å². The highest BCUT2D eigenvalue weighted by Crippen LogP contribution is 2.24. The molecule has 3 rings (SSSR count). The first-order chi connectivity index (χ1) is 11.9. The Bertz CT molecular complexity index is 857. The Morgan fingerprint density at radius 2 is 1.72 bits per heavy atom. The fraction of sp³-hybridized carbons (Fsp3) is 0.125. The van der Waals surface area contributed by atoms with E-state index in [1.165, 1.54) is 35.3 Å². The second kappa shape index (κ2) is 6.71. The minimum atomic E-state index is -4.72. The lowest BCUT2D eigenvalue weighted by molar-refractivity contribution is -0.274. The van der Waals surface area contributed by atoms with Crippen LogP contribution in [0, 0.1) is 5.53 Å². The topological polar surface area (TPSA) is 76.2 Å². The molecule has 0 amide bonds. The first kappa shape index (κ1) is 16.6. The summed E-state index contributed by atoms with van der Waals surface area (Å²) in [6, 6.07) is 12.6. The van der Waals surface area contributed by atoms with Gasteiger partial charge in [0.05, 0.1) is 12.2 Å². The van der Waals surface area contributed by atoms with Crippen LogP contribution in [0.25, 0.3) is 17.1 Å². The number of hydrogen-bond donors (Lipinski definition) is 1. The fourth-order valence-electron chi connectivity index (χ4n) is 2.17. The molecule has 0 atom stereocenters. The van der Waals surface area contributed by atoms with Gasteiger partial charge in [-0.15, -0.1) is 18.3 Å². The van der Waals surface area contributed by atoms with Crippen molar-refractivity contribution in [2.75, 3.05) is 0 Å². The Morgan fingerprint density at radius 1 is 1.04 bits per heavy atom. The van der Waals surface area contributed by atoms with Gasteiger partial charge in [-0.3, -0.25) is 0 Å². The van der Waals surface area contributed by atoms with E-state index in [-0.39, 0.29) is 5.75 Å². The Kier molecular flexibility index (Phi) is 4.46. The highest BCUT2D eigenvalue weighted by atomic mass is 19.4. The number of nitrogens with one attached hydrogen (secondary N) is 1. The molecule has 3 aromatic rings. The first-order valence-electron chi connectivity index (χ1n) is 7.15. The number of rotatable bonds is 5. The lowest BCUT2D eigenvalue weighted by Crippen LogP contribution is -2.17. The molecule has 1 N–H and O–H groups in total. The van der Waals surface area contributed by atoms with Crippen LogP contribution in [-0.4, -0.2) is 21.1 Å². The first-order valence-corrected chi connectivity index (χ1v) is 7.15. The molecule has 2 aromatic carbocycles. The molecule has 0 saturated heterocycles. The van der Waals surface area contributed by atoms with Crippen LogP contribution < -0.4 is 4.74 Å². The van der Waals surface area contributed by atoms with Gasteiger partial charge < -0.3 is 4.74 Å². The van der Waals surface area contributed by atoms with E-state index in [4.69, 9.17) is 5.53 Å². The Labute approximate surface area is 140 Å². The highest BCUT2D eigenvalue weighted by molar-refractivity contribution is 5.55. The maximum Gasteiger partial charge on any atom is 0.573 e. The van der Waals surface area contributed by atoms with Gasteiger partial charge >= 0.3 is 6.36 Å². The third-order valence-electron chi connectivity index (χ3n) is 3.30. The highest BCUT2D eigenvalue weighted by Gasteiger charge is 2.30. The number of halogens is 3. The quantitative estimate of drug-likeness (QED) is 0.697. The molecule has 1 heterocycles. The van der Waals surface area contributed by atoms with Gasteiger partial charge in [-0.25, -0.2) is 15.2 Å². The normalized spacial score (nSPS) is 11.3. The molecule has 25 heavy (non-hydrogen) atoms. The van der Waals surface area contributed by atoms with E-state index in [9.17, 15) is 13.2 Å². The molecule has 0 spiro atoms. The smallest absolute Gasteiger partial charge is 0.406 e. The molecule has 0 aliphatic rings. The summed E-state index contributed by atoms with van der Waals surface area (Å²) in [5, 5.41) is 7.63. The standard InChI is InChI=1S/C16H12F3N5O/c17-16(18,19)25-14-7-5-13(6-8-14)24-10-21-15(23-24)12-3-1-11(2-4-12)9-22-20/h1-8,10,20H,9H2. The van der Waals surface area contributed by atoms with Crippen LogP contribution in [0.2, 0.25) is 0 Å². The Morgan fingerprint density at radius 3 is 2.32 bits per heavy atom. The molecule has 9 heteroatoms. The van der Waals surface area contributed by atoms with Gasteiger partial charge in [0.2, 0.25) is 0 Å². The molecular weight excluding hydrogens is 335 g/mol. The number of hydrogen-bond acceptors (Lipinski definition) is 5. The predicted octanol–water partition coefficient (Wildman–Crippen LogP) is 4.36. The number of aromatic nitrogens is 3. The van der Waals surface area contributed by atoms with Crippen LogP contribution in [0.4, 0.5) is 13.2 Å². The van der Waals surface area contributed by atoms with Crippen molar-refractivity contribution < 1.29 is 17.9 Å². The third-order valence-corrected chi connectivity index (χ3v) is 3.30. The van der Waals surface area contributed by atoms with Crippen molar-refractivity contribution in [1.29, 1.82) is 5.53 Å². The van der Waals surface area contributed by atoms with Crippen LogP contribution in [0.5, 0.6) is 5.75 Å². The summed E-state index contributed by atoms with van der Waals surface area (Å²) in [4.78, 5) is 4.20. The van der Waals surface area contributed by atoms with Crippen molar-refractivity contribution >= 4 is 0 Å². The summed E-state index contributed by atoms with van der Waals surface area (Å²) in [6.07, 6.45) is -3.25. The molecule has 6 nitrogen and oxygen atoms in total. The van der Waals surface area contributed by atoms with Crippen LogP contribution in [0.15, 0.2) is 60.0 Å². The summed E-state index contributed by atoms with van der Waals surface area (Å²) < 4.78 is 41.8. The maximum atomic E-state index is 12.2. The second-order valence-corrected chi connectivity index (χ2v) is 5.07. The van der Waals surface area contributed by atoms with E-state index >= 15 is 0 Å². The van der Waals surface area contributed by atoms with Gasteiger partial charge in [0, 0.05) is 5.56 Å².